The Morgan fingerprint density at radius 1 is 0.889 bits per heavy atom. The number of halogens is 1. The molecule has 0 N–H and O–H groups in total. The second-order valence-electron chi connectivity index (χ2n) is 7.59. The van der Waals surface area contributed by atoms with Crippen molar-refractivity contribution in [3.8, 4) is 5.75 Å². The van der Waals surface area contributed by atoms with Crippen molar-refractivity contribution in [2.24, 2.45) is 0 Å². The average molecular weight is 509 g/mol. The number of rotatable bonds is 8. The second kappa shape index (κ2) is 10.4. The van der Waals surface area contributed by atoms with Gasteiger partial charge in [-0.15, -0.1) is 0 Å². The summed E-state index contributed by atoms with van der Waals surface area (Å²) in [4.78, 5) is 47.4. The number of ether oxygens (including phenoxy) is 1. The third-order valence-electron chi connectivity index (χ3n) is 5.16. The van der Waals surface area contributed by atoms with Gasteiger partial charge in [-0.25, -0.2) is 4.39 Å². The molecule has 0 aromatic heterocycles. The van der Waals surface area contributed by atoms with Gasteiger partial charge >= 0.3 is 0 Å². The van der Waals surface area contributed by atoms with Gasteiger partial charge < -0.3 is 4.74 Å². The second-order valence-corrected chi connectivity index (χ2v) is 8.58. The van der Waals surface area contributed by atoms with Crippen LogP contribution in [0.1, 0.15) is 16.7 Å². The maximum absolute atomic E-state index is 13.1. The Morgan fingerprint density at radius 3 is 2.14 bits per heavy atom. The van der Waals surface area contributed by atoms with Crippen molar-refractivity contribution in [3.63, 3.8) is 0 Å². The first kappa shape index (κ1) is 24.5. The van der Waals surface area contributed by atoms with Crippen molar-refractivity contribution in [2.45, 2.75) is 13.2 Å². The van der Waals surface area contributed by atoms with Crippen LogP contribution in [0.2, 0.25) is 0 Å². The van der Waals surface area contributed by atoms with Crippen LogP contribution in [0.25, 0.3) is 6.08 Å². The van der Waals surface area contributed by atoms with Gasteiger partial charge in [-0.2, -0.15) is 0 Å². The molecule has 4 rings (SSSR count). The van der Waals surface area contributed by atoms with Crippen molar-refractivity contribution in [2.75, 3.05) is 0 Å². The van der Waals surface area contributed by atoms with E-state index in [4.69, 9.17) is 4.74 Å². The van der Waals surface area contributed by atoms with Crippen LogP contribution >= 0.6 is 11.8 Å². The first-order valence-corrected chi connectivity index (χ1v) is 11.2. The summed E-state index contributed by atoms with van der Waals surface area (Å²) in [6, 6.07) is 14.9. The summed E-state index contributed by atoms with van der Waals surface area (Å²) in [5, 5.41) is 21.6. The molecule has 0 unspecified atom stereocenters. The van der Waals surface area contributed by atoms with Gasteiger partial charge in [0.1, 0.15) is 18.2 Å². The van der Waals surface area contributed by atoms with Gasteiger partial charge in [-0.05, 0) is 47.2 Å². The molecule has 1 aliphatic heterocycles. The molecule has 2 amide bonds. The molecule has 1 fully saturated rings. The molecule has 0 radical (unpaired) electrons. The van der Waals surface area contributed by atoms with Crippen LogP contribution in [0.3, 0.4) is 0 Å². The molecule has 0 atom stereocenters. The number of benzene rings is 3. The van der Waals surface area contributed by atoms with Crippen molar-refractivity contribution in [3.05, 3.63) is 114 Å². The molecular formula is C24H16FN3O7S. The Bertz CT molecular complexity index is 1390. The topological polar surface area (TPSA) is 133 Å². The van der Waals surface area contributed by atoms with Crippen LogP contribution in [0.4, 0.5) is 20.6 Å². The normalized spacial score (nSPS) is 14.4. The molecule has 36 heavy (non-hydrogen) atoms. The van der Waals surface area contributed by atoms with Gasteiger partial charge in [0.25, 0.3) is 22.5 Å². The molecule has 182 valence electrons. The Labute approximate surface area is 207 Å². The number of nitrogens with zero attached hydrogens (tertiary/aromatic N) is 3. The molecule has 10 nitrogen and oxygen atoms in total. The summed E-state index contributed by atoms with van der Waals surface area (Å²) < 4.78 is 18.9. The van der Waals surface area contributed by atoms with E-state index >= 15 is 0 Å². The Morgan fingerprint density at radius 2 is 1.50 bits per heavy atom. The molecule has 1 saturated heterocycles. The number of amides is 2. The number of nitro benzene ring substituents is 2. The zero-order chi connectivity index (χ0) is 25.8. The van der Waals surface area contributed by atoms with E-state index in [0.29, 0.717) is 22.9 Å². The van der Waals surface area contributed by atoms with Crippen molar-refractivity contribution < 1.29 is 28.6 Å². The average Bonchev–Trinajstić information content (AvgIpc) is 3.11. The number of thioether (sulfide) groups is 1. The van der Waals surface area contributed by atoms with Crippen molar-refractivity contribution in [1.29, 1.82) is 0 Å². The highest BCUT2D eigenvalue weighted by molar-refractivity contribution is 8.18. The van der Waals surface area contributed by atoms with Crippen LogP contribution in [-0.4, -0.2) is 25.9 Å². The summed E-state index contributed by atoms with van der Waals surface area (Å²) in [7, 11) is 0. The zero-order valence-corrected chi connectivity index (χ0v) is 19.1. The molecular weight excluding hydrogens is 493 g/mol. The van der Waals surface area contributed by atoms with E-state index in [9.17, 15) is 34.2 Å². The lowest BCUT2D eigenvalue weighted by molar-refractivity contribution is -0.385. The minimum atomic E-state index is -0.612. The molecule has 0 aliphatic carbocycles. The van der Waals surface area contributed by atoms with Gasteiger partial charge in [0, 0.05) is 29.8 Å². The van der Waals surface area contributed by atoms with Crippen molar-refractivity contribution in [1.82, 2.24) is 4.90 Å². The Kier molecular flexibility index (Phi) is 7.06. The zero-order valence-electron chi connectivity index (χ0n) is 18.3. The predicted octanol–water partition coefficient (Wildman–Crippen LogP) is 5.46. The number of hydrogen-bond donors (Lipinski definition) is 0. The number of carbonyl (C=O) groups excluding carboxylic acids is 2. The molecule has 12 heteroatoms. The maximum Gasteiger partial charge on any atom is 0.293 e. The van der Waals surface area contributed by atoms with E-state index in [1.54, 1.807) is 0 Å². The minimum Gasteiger partial charge on any atom is -0.488 e. The SMILES string of the molecule is O=C1S/C(=C\c2cc([N+](=O)[O-])ccc2OCc2ccc(F)cc2)C(=O)N1Cc1ccc([N+](=O)[O-])cc1. The van der Waals surface area contributed by atoms with Crippen LogP contribution in [0.5, 0.6) is 5.75 Å². The number of imide groups is 1. The molecule has 3 aromatic carbocycles. The fourth-order valence-corrected chi connectivity index (χ4v) is 4.15. The van der Waals surface area contributed by atoms with Gasteiger partial charge in [0.05, 0.1) is 21.3 Å². The van der Waals surface area contributed by atoms with Crippen LogP contribution in [0, 0.1) is 26.0 Å². The van der Waals surface area contributed by atoms with Crippen LogP contribution in [-0.2, 0) is 17.9 Å². The minimum absolute atomic E-state index is 0.0361. The molecule has 0 saturated carbocycles. The van der Waals surface area contributed by atoms with Crippen LogP contribution in [0.15, 0.2) is 71.6 Å². The van der Waals surface area contributed by atoms with Crippen LogP contribution < -0.4 is 4.74 Å². The van der Waals surface area contributed by atoms with E-state index in [0.717, 1.165) is 4.90 Å². The number of carbonyl (C=O) groups is 2. The molecule has 0 spiro atoms. The monoisotopic (exact) mass is 509 g/mol. The first-order valence-electron chi connectivity index (χ1n) is 10.4. The number of nitro groups is 2. The highest BCUT2D eigenvalue weighted by atomic mass is 32.2. The highest BCUT2D eigenvalue weighted by Gasteiger charge is 2.35. The van der Waals surface area contributed by atoms with Crippen molar-refractivity contribution >= 4 is 40.4 Å². The lowest BCUT2D eigenvalue weighted by atomic mass is 10.1. The third kappa shape index (κ3) is 5.55. The van der Waals surface area contributed by atoms with Gasteiger partial charge in [0.2, 0.25) is 0 Å². The van der Waals surface area contributed by atoms with E-state index in [1.165, 1.54) is 72.8 Å². The molecule has 1 heterocycles. The van der Waals surface area contributed by atoms with Gasteiger partial charge in [-0.1, -0.05) is 24.3 Å². The summed E-state index contributed by atoms with van der Waals surface area (Å²) in [5.41, 5.74) is 1.03. The largest absolute Gasteiger partial charge is 0.488 e. The fraction of sp³-hybridized carbons (Fsp3) is 0.0833. The van der Waals surface area contributed by atoms with E-state index in [1.807, 2.05) is 0 Å². The maximum atomic E-state index is 13.1. The fourth-order valence-electron chi connectivity index (χ4n) is 3.32. The molecule has 3 aromatic rings. The summed E-state index contributed by atoms with van der Waals surface area (Å²) >= 11 is 0.666. The number of hydrogen-bond acceptors (Lipinski definition) is 8. The van der Waals surface area contributed by atoms with Gasteiger partial charge in [0.15, 0.2) is 0 Å². The Balaban J connectivity index is 1.57. The first-order chi connectivity index (χ1) is 17.2. The number of non-ortho nitro benzene ring substituents is 2. The summed E-state index contributed by atoms with van der Waals surface area (Å²) in [5.74, 6) is -0.786. The standard InChI is InChI=1S/C24H16FN3O7S/c25-18-5-1-16(2-6-18)14-35-21-10-9-20(28(33)34)11-17(21)12-22-23(29)26(24(30)36-22)13-15-3-7-19(8-4-15)27(31)32/h1-12H,13-14H2/b22-12-. The van der Waals surface area contributed by atoms with E-state index < -0.39 is 26.8 Å². The lowest BCUT2D eigenvalue weighted by Gasteiger charge is -2.12. The summed E-state index contributed by atoms with van der Waals surface area (Å²) in [6.45, 7) is -0.0522. The predicted molar refractivity (Wildman–Crippen MR) is 128 cm³/mol. The Hall–Kier alpha value is -4.58. The smallest absolute Gasteiger partial charge is 0.293 e. The lowest BCUT2D eigenvalue weighted by Crippen LogP contribution is -2.27. The highest BCUT2D eigenvalue weighted by Crippen LogP contribution is 2.36. The third-order valence-corrected chi connectivity index (χ3v) is 6.07. The molecule has 1 aliphatic rings. The van der Waals surface area contributed by atoms with E-state index in [-0.39, 0.29) is 40.7 Å². The summed E-state index contributed by atoms with van der Waals surface area (Å²) in [6.07, 6.45) is 1.34. The van der Waals surface area contributed by atoms with Gasteiger partial charge in [-0.3, -0.25) is 34.7 Å². The quantitative estimate of drug-likeness (QED) is 0.222. The molecule has 0 bridgehead atoms. The van der Waals surface area contributed by atoms with E-state index in [2.05, 4.69) is 0 Å².